The van der Waals surface area contributed by atoms with Crippen LogP contribution < -0.4 is 0 Å². The maximum atomic E-state index is 2.31. The van der Waals surface area contributed by atoms with Gasteiger partial charge in [-0.1, -0.05) is 60.2 Å². The molecule has 0 radical (unpaired) electrons. The number of benzene rings is 3. The first-order chi connectivity index (χ1) is 10.5. The largest absolute Gasteiger partial charge is 0.0587 e. The van der Waals surface area contributed by atoms with Crippen LogP contribution in [0.1, 0.15) is 22.3 Å². The lowest BCUT2D eigenvalue weighted by molar-refractivity contribution is 1.34. The Bertz CT molecular complexity index is 808. The number of hydrogen-bond acceptors (Lipinski definition) is 0. The smallest absolute Gasteiger partial charge is 0.0149 e. The van der Waals surface area contributed by atoms with E-state index in [-0.39, 0.29) is 0 Å². The van der Waals surface area contributed by atoms with E-state index in [0.717, 1.165) is 0 Å². The summed E-state index contributed by atoms with van der Waals surface area (Å²) in [5, 5.41) is 0. The summed E-state index contributed by atoms with van der Waals surface area (Å²) in [7, 11) is 0. The summed E-state index contributed by atoms with van der Waals surface area (Å²) >= 11 is 0. The molecule has 0 saturated heterocycles. The maximum absolute atomic E-state index is 2.31. The highest BCUT2D eigenvalue weighted by molar-refractivity contribution is 5.76. The van der Waals surface area contributed by atoms with Gasteiger partial charge in [-0.05, 0) is 72.7 Å². The van der Waals surface area contributed by atoms with Crippen molar-refractivity contribution < 1.29 is 0 Å². The predicted molar refractivity (Wildman–Crippen MR) is 96.3 cm³/mol. The highest BCUT2D eigenvalue weighted by Crippen LogP contribution is 2.30. The van der Waals surface area contributed by atoms with Crippen molar-refractivity contribution in [3.05, 3.63) is 82.9 Å². The quantitative estimate of drug-likeness (QED) is 0.522. The molecular formula is C22H22. The molecule has 0 unspecified atom stereocenters. The Balaban J connectivity index is 2.09. The first-order valence-corrected chi connectivity index (χ1v) is 7.80. The number of hydrogen-bond donors (Lipinski definition) is 0. The molecule has 3 rings (SSSR count). The fourth-order valence-electron chi connectivity index (χ4n) is 2.77. The monoisotopic (exact) mass is 286 g/mol. The summed E-state index contributed by atoms with van der Waals surface area (Å²) in [6, 6.07) is 22.2. The van der Waals surface area contributed by atoms with Gasteiger partial charge in [-0.2, -0.15) is 0 Å². The van der Waals surface area contributed by atoms with Crippen LogP contribution >= 0.6 is 0 Å². The van der Waals surface area contributed by atoms with E-state index >= 15 is 0 Å². The minimum atomic E-state index is 1.28. The molecule has 0 aliphatic rings. The predicted octanol–water partition coefficient (Wildman–Crippen LogP) is 6.25. The molecule has 0 heteroatoms. The Kier molecular flexibility index (Phi) is 3.85. The van der Waals surface area contributed by atoms with Crippen molar-refractivity contribution in [2.45, 2.75) is 27.7 Å². The number of aryl methyl sites for hydroxylation is 4. The van der Waals surface area contributed by atoms with E-state index in [1.165, 1.54) is 44.5 Å². The van der Waals surface area contributed by atoms with E-state index in [9.17, 15) is 0 Å². The zero-order valence-corrected chi connectivity index (χ0v) is 13.8. The molecule has 0 bridgehead atoms. The van der Waals surface area contributed by atoms with Crippen molar-refractivity contribution in [1.29, 1.82) is 0 Å². The molecule has 0 aliphatic heterocycles. The second-order valence-corrected chi connectivity index (χ2v) is 6.19. The molecule has 0 heterocycles. The van der Waals surface area contributed by atoms with Crippen LogP contribution in [0.2, 0.25) is 0 Å². The average Bonchev–Trinajstić information content (AvgIpc) is 2.52. The van der Waals surface area contributed by atoms with Crippen LogP contribution in [-0.2, 0) is 0 Å². The van der Waals surface area contributed by atoms with Gasteiger partial charge < -0.3 is 0 Å². The topological polar surface area (TPSA) is 0 Å². The van der Waals surface area contributed by atoms with Gasteiger partial charge in [-0.15, -0.1) is 0 Å². The Morgan fingerprint density at radius 1 is 0.455 bits per heavy atom. The van der Waals surface area contributed by atoms with Gasteiger partial charge in [0, 0.05) is 0 Å². The molecule has 0 amide bonds. The SMILES string of the molecule is Cc1ccc(-c2cc(-c3ccc(C)c(C)c3)ccc2C)cc1. The fraction of sp³-hybridized carbons (Fsp3) is 0.182. The highest BCUT2D eigenvalue weighted by Gasteiger charge is 2.06. The van der Waals surface area contributed by atoms with Gasteiger partial charge in [0.15, 0.2) is 0 Å². The molecule has 0 fully saturated rings. The second-order valence-electron chi connectivity index (χ2n) is 6.19. The Hall–Kier alpha value is -2.34. The molecule has 0 N–H and O–H groups in total. The van der Waals surface area contributed by atoms with Gasteiger partial charge in [-0.25, -0.2) is 0 Å². The molecule has 3 aromatic rings. The molecule has 22 heavy (non-hydrogen) atoms. The van der Waals surface area contributed by atoms with Crippen molar-refractivity contribution in [3.63, 3.8) is 0 Å². The van der Waals surface area contributed by atoms with Crippen LogP contribution in [-0.4, -0.2) is 0 Å². The average molecular weight is 286 g/mol. The molecule has 110 valence electrons. The highest BCUT2D eigenvalue weighted by atomic mass is 14.1. The van der Waals surface area contributed by atoms with E-state index in [4.69, 9.17) is 0 Å². The normalized spacial score (nSPS) is 10.7. The minimum Gasteiger partial charge on any atom is -0.0587 e. The summed E-state index contributed by atoms with van der Waals surface area (Å²) in [6.45, 7) is 8.64. The summed E-state index contributed by atoms with van der Waals surface area (Å²) in [4.78, 5) is 0. The van der Waals surface area contributed by atoms with Crippen LogP contribution in [0, 0.1) is 27.7 Å². The summed E-state index contributed by atoms with van der Waals surface area (Å²) in [5.74, 6) is 0. The number of rotatable bonds is 2. The lowest BCUT2D eigenvalue weighted by Gasteiger charge is -2.11. The zero-order valence-electron chi connectivity index (χ0n) is 13.8. The van der Waals surface area contributed by atoms with Crippen LogP contribution in [0.3, 0.4) is 0 Å². The molecule has 0 aromatic heterocycles. The van der Waals surface area contributed by atoms with Crippen LogP contribution in [0.5, 0.6) is 0 Å². The summed E-state index contributed by atoms with van der Waals surface area (Å²) < 4.78 is 0. The van der Waals surface area contributed by atoms with Crippen LogP contribution in [0.15, 0.2) is 60.7 Å². The second kappa shape index (κ2) is 5.81. The third-order valence-electron chi connectivity index (χ3n) is 4.44. The molecule has 0 nitrogen and oxygen atoms in total. The van der Waals surface area contributed by atoms with Gasteiger partial charge >= 0.3 is 0 Å². The van der Waals surface area contributed by atoms with E-state index in [0.29, 0.717) is 0 Å². The molecule has 0 atom stereocenters. The Morgan fingerprint density at radius 2 is 1.00 bits per heavy atom. The molecule has 3 aromatic carbocycles. The third-order valence-corrected chi connectivity index (χ3v) is 4.44. The van der Waals surface area contributed by atoms with Crippen molar-refractivity contribution >= 4 is 0 Å². The molecular weight excluding hydrogens is 264 g/mol. The minimum absolute atomic E-state index is 1.28. The van der Waals surface area contributed by atoms with Gasteiger partial charge in [0.25, 0.3) is 0 Å². The van der Waals surface area contributed by atoms with E-state index in [2.05, 4.69) is 88.4 Å². The van der Waals surface area contributed by atoms with Crippen molar-refractivity contribution in [3.8, 4) is 22.3 Å². The van der Waals surface area contributed by atoms with Gasteiger partial charge in [0.2, 0.25) is 0 Å². The molecule has 0 spiro atoms. The lowest BCUT2D eigenvalue weighted by atomic mass is 9.93. The van der Waals surface area contributed by atoms with Gasteiger partial charge in [0.05, 0.1) is 0 Å². The molecule has 0 aliphatic carbocycles. The van der Waals surface area contributed by atoms with Crippen LogP contribution in [0.25, 0.3) is 22.3 Å². The Labute approximate surface area is 133 Å². The zero-order chi connectivity index (χ0) is 15.7. The third kappa shape index (κ3) is 2.82. The van der Waals surface area contributed by atoms with E-state index in [1.807, 2.05) is 0 Å². The fourth-order valence-corrected chi connectivity index (χ4v) is 2.77. The van der Waals surface area contributed by atoms with Crippen molar-refractivity contribution in [2.75, 3.05) is 0 Å². The van der Waals surface area contributed by atoms with Gasteiger partial charge in [0.1, 0.15) is 0 Å². The van der Waals surface area contributed by atoms with E-state index < -0.39 is 0 Å². The van der Waals surface area contributed by atoms with Gasteiger partial charge in [-0.3, -0.25) is 0 Å². The van der Waals surface area contributed by atoms with Crippen LogP contribution in [0.4, 0.5) is 0 Å². The molecule has 0 saturated carbocycles. The summed E-state index contributed by atoms with van der Waals surface area (Å²) in [5.41, 5.74) is 10.5. The maximum Gasteiger partial charge on any atom is -0.0149 e. The van der Waals surface area contributed by atoms with Crippen molar-refractivity contribution in [1.82, 2.24) is 0 Å². The summed E-state index contributed by atoms with van der Waals surface area (Å²) in [6.07, 6.45) is 0. The van der Waals surface area contributed by atoms with E-state index in [1.54, 1.807) is 0 Å². The first-order valence-electron chi connectivity index (χ1n) is 7.80. The first kappa shape index (κ1) is 14.6. The standard InChI is InChI=1S/C22H22/c1-15-5-9-19(10-6-15)22-14-21(12-8-17(22)3)20-11-7-16(2)18(4)13-20/h5-14H,1-4H3. The van der Waals surface area contributed by atoms with Crippen molar-refractivity contribution in [2.24, 2.45) is 0 Å². The Morgan fingerprint density at radius 3 is 1.64 bits per heavy atom. The lowest BCUT2D eigenvalue weighted by Crippen LogP contribution is -1.88.